The highest BCUT2D eigenvalue weighted by Crippen LogP contribution is 2.34. The molecule has 1 aliphatic heterocycles. The number of ether oxygens (including phenoxy) is 1. The van der Waals surface area contributed by atoms with Gasteiger partial charge in [-0.05, 0) is 59.3 Å². The van der Waals surface area contributed by atoms with Crippen LogP contribution >= 0.6 is 39.3 Å². The van der Waals surface area contributed by atoms with Crippen molar-refractivity contribution < 1.29 is 14.3 Å². The Morgan fingerprint density at radius 2 is 1.77 bits per heavy atom. The summed E-state index contributed by atoms with van der Waals surface area (Å²) in [4.78, 5) is 26.8. The summed E-state index contributed by atoms with van der Waals surface area (Å²) in [6.45, 7) is 0.586. The van der Waals surface area contributed by atoms with Crippen LogP contribution < -0.4 is 4.74 Å². The van der Waals surface area contributed by atoms with Gasteiger partial charge in [0.25, 0.3) is 11.1 Å². The molecule has 0 aromatic heterocycles. The second-order valence-corrected chi connectivity index (χ2v) is 9.16. The first kappa shape index (κ1) is 21.7. The van der Waals surface area contributed by atoms with Crippen LogP contribution in [0.3, 0.4) is 0 Å². The average Bonchev–Trinajstić information content (AvgIpc) is 3.02. The smallest absolute Gasteiger partial charge is 0.293 e. The van der Waals surface area contributed by atoms with Gasteiger partial charge < -0.3 is 4.74 Å². The monoisotopic (exact) mass is 513 g/mol. The Bertz CT molecular complexity index is 1160. The van der Waals surface area contributed by atoms with Crippen LogP contribution in [0.5, 0.6) is 5.75 Å². The minimum atomic E-state index is -0.291. The van der Waals surface area contributed by atoms with Crippen molar-refractivity contribution in [1.82, 2.24) is 4.90 Å². The van der Waals surface area contributed by atoms with Crippen LogP contribution in [0.1, 0.15) is 16.7 Å². The topological polar surface area (TPSA) is 46.6 Å². The quantitative estimate of drug-likeness (QED) is 0.335. The average molecular weight is 515 g/mol. The maximum absolute atomic E-state index is 12.8. The first-order chi connectivity index (χ1) is 15.0. The van der Waals surface area contributed by atoms with Crippen molar-refractivity contribution in [3.63, 3.8) is 0 Å². The van der Waals surface area contributed by atoms with Gasteiger partial charge in [0.15, 0.2) is 0 Å². The van der Waals surface area contributed by atoms with E-state index in [1.54, 1.807) is 6.08 Å². The molecule has 0 bridgehead atoms. The lowest BCUT2D eigenvalue weighted by molar-refractivity contribution is -0.123. The first-order valence-electron chi connectivity index (χ1n) is 9.46. The molecule has 0 spiro atoms. The number of benzene rings is 3. The molecule has 0 radical (unpaired) electrons. The van der Waals surface area contributed by atoms with E-state index in [9.17, 15) is 9.59 Å². The lowest BCUT2D eigenvalue weighted by Gasteiger charge is -2.12. The number of nitrogens with zero attached hydrogens (tertiary/aromatic N) is 1. The van der Waals surface area contributed by atoms with Crippen molar-refractivity contribution in [3.05, 3.63) is 104 Å². The molecule has 3 aromatic carbocycles. The van der Waals surface area contributed by atoms with E-state index in [0.29, 0.717) is 22.3 Å². The molecule has 4 rings (SSSR count). The summed E-state index contributed by atoms with van der Waals surface area (Å²) >= 11 is 10.5. The summed E-state index contributed by atoms with van der Waals surface area (Å²) in [7, 11) is 0. The molecule has 31 heavy (non-hydrogen) atoms. The van der Waals surface area contributed by atoms with Crippen LogP contribution in [0.2, 0.25) is 5.02 Å². The zero-order valence-corrected chi connectivity index (χ0v) is 19.4. The van der Waals surface area contributed by atoms with Crippen LogP contribution in [-0.4, -0.2) is 16.0 Å². The highest BCUT2D eigenvalue weighted by atomic mass is 79.9. The molecule has 4 nitrogen and oxygen atoms in total. The fourth-order valence-corrected chi connectivity index (χ4v) is 4.32. The van der Waals surface area contributed by atoms with E-state index in [4.69, 9.17) is 16.3 Å². The molecule has 0 unspecified atom stereocenters. The Hall–Kier alpha value is -2.54. The molecule has 0 N–H and O–H groups in total. The van der Waals surface area contributed by atoms with E-state index in [1.165, 1.54) is 4.90 Å². The molecule has 0 saturated carbocycles. The third-order valence-corrected chi connectivity index (χ3v) is 6.44. The van der Waals surface area contributed by atoms with Crippen LogP contribution in [0, 0.1) is 0 Å². The number of imide groups is 1. The lowest BCUT2D eigenvalue weighted by Crippen LogP contribution is -2.27. The second kappa shape index (κ2) is 9.73. The number of amides is 2. The number of carbonyl (C=O) groups is 2. The van der Waals surface area contributed by atoms with Gasteiger partial charge in [-0.25, -0.2) is 0 Å². The van der Waals surface area contributed by atoms with Crippen LogP contribution in [-0.2, 0) is 17.9 Å². The molecular weight excluding hydrogens is 498 g/mol. The summed E-state index contributed by atoms with van der Waals surface area (Å²) in [6, 6.07) is 22.4. The van der Waals surface area contributed by atoms with Crippen molar-refractivity contribution in [2.45, 2.75) is 13.2 Å². The van der Waals surface area contributed by atoms with E-state index >= 15 is 0 Å². The van der Waals surface area contributed by atoms with Crippen molar-refractivity contribution in [2.75, 3.05) is 0 Å². The fraction of sp³-hybridized carbons (Fsp3) is 0.0833. The SMILES string of the molecule is O=C1S/C(=C\c2cccc(OCc3ccccc3Cl)c2)C(=O)N1Cc1ccc(Br)cc1. The Kier molecular flexibility index (Phi) is 6.80. The zero-order chi connectivity index (χ0) is 21.8. The fourth-order valence-electron chi connectivity index (χ4n) is 3.03. The molecule has 1 saturated heterocycles. The maximum atomic E-state index is 12.8. The van der Waals surface area contributed by atoms with Gasteiger partial charge >= 0.3 is 0 Å². The highest BCUT2D eigenvalue weighted by Gasteiger charge is 2.34. The summed E-state index contributed by atoms with van der Waals surface area (Å²) in [5.41, 5.74) is 2.57. The number of carbonyl (C=O) groups excluding carboxylic acids is 2. The summed E-state index contributed by atoms with van der Waals surface area (Å²) in [6.07, 6.45) is 1.72. The van der Waals surface area contributed by atoms with Gasteiger partial charge in [-0.2, -0.15) is 0 Å². The van der Waals surface area contributed by atoms with Crippen molar-refractivity contribution >= 4 is 56.5 Å². The second-order valence-electron chi connectivity index (χ2n) is 6.85. The number of halogens is 2. The van der Waals surface area contributed by atoms with Gasteiger partial charge in [-0.15, -0.1) is 0 Å². The molecule has 156 valence electrons. The normalized spacial score (nSPS) is 15.0. The van der Waals surface area contributed by atoms with Crippen molar-refractivity contribution in [1.29, 1.82) is 0 Å². The lowest BCUT2D eigenvalue weighted by atomic mass is 10.2. The highest BCUT2D eigenvalue weighted by molar-refractivity contribution is 9.10. The van der Waals surface area contributed by atoms with Gasteiger partial charge in [0.1, 0.15) is 12.4 Å². The largest absolute Gasteiger partial charge is 0.489 e. The molecule has 1 aliphatic rings. The van der Waals surface area contributed by atoms with Crippen molar-refractivity contribution in [3.8, 4) is 5.75 Å². The van der Waals surface area contributed by atoms with Gasteiger partial charge in [-0.1, -0.05) is 70.0 Å². The number of rotatable bonds is 6. The maximum Gasteiger partial charge on any atom is 0.293 e. The summed E-state index contributed by atoms with van der Waals surface area (Å²) < 4.78 is 6.80. The third kappa shape index (κ3) is 5.39. The predicted octanol–water partition coefficient (Wildman–Crippen LogP) is 6.92. The van der Waals surface area contributed by atoms with Gasteiger partial charge in [0, 0.05) is 15.1 Å². The zero-order valence-electron chi connectivity index (χ0n) is 16.3. The Morgan fingerprint density at radius 3 is 2.55 bits per heavy atom. The van der Waals surface area contributed by atoms with E-state index < -0.39 is 0 Å². The van der Waals surface area contributed by atoms with E-state index in [2.05, 4.69) is 15.9 Å². The number of hydrogen-bond acceptors (Lipinski definition) is 4. The standard InChI is InChI=1S/C24H17BrClNO3S/c25-19-10-8-16(9-11-19)14-27-23(28)22(31-24(27)29)13-17-4-3-6-20(12-17)30-15-18-5-1-2-7-21(18)26/h1-13H,14-15H2/b22-13-. The molecule has 1 fully saturated rings. The first-order valence-corrected chi connectivity index (χ1v) is 11.4. The molecule has 0 aliphatic carbocycles. The summed E-state index contributed by atoms with van der Waals surface area (Å²) in [5, 5.41) is 0.378. The predicted molar refractivity (Wildman–Crippen MR) is 128 cm³/mol. The molecule has 3 aromatic rings. The molecular formula is C24H17BrClNO3S. The summed E-state index contributed by atoms with van der Waals surface area (Å²) in [5.74, 6) is 0.364. The third-order valence-electron chi connectivity index (χ3n) is 4.64. The Labute approximate surface area is 198 Å². The van der Waals surface area contributed by atoms with Crippen LogP contribution in [0.4, 0.5) is 4.79 Å². The minimum Gasteiger partial charge on any atom is -0.489 e. The minimum absolute atomic E-state index is 0.246. The van der Waals surface area contributed by atoms with E-state index in [0.717, 1.165) is 32.9 Å². The van der Waals surface area contributed by atoms with Gasteiger partial charge in [-0.3, -0.25) is 14.5 Å². The van der Waals surface area contributed by atoms with E-state index in [1.807, 2.05) is 72.8 Å². The van der Waals surface area contributed by atoms with Gasteiger partial charge in [0.2, 0.25) is 0 Å². The Morgan fingerprint density at radius 1 is 1.00 bits per heavy atom. The Balaban J connectivity index is 1.46. The molecule has 0 atom stereocenters. The van der Waals surface area contributed by atoms with Crippen LogP contribution in [0.25, 0.3) is 6.08 Å². The van der Waals surface area contributed by atoms with E-state index in [-0.39, 0.29) is 17.7 Å². The van der Waals surface area contributed by atoms with Gasteiger partial charge in [0.05, 0.1) is 11.4 Å². The molecule has 2 amide bonds. The molecule has 7 heteroatoms. The number of hydrogen-bond donors (Lipinski definition) is 0. The van der Waals surface area contributed by atoms with Crippen LogP contribution in [0.15, 0.2) is 82.2 Å². The molecule has 1 heterocycles. The number of thioether (sulfide) groups is 1. The van der Waals surface area contributed by atoms with Crippen molar-refractivity contribution in [2.24, 2.45) is 0 Å².